The number of para-hydroxylation sites is 2. The quantitative estimate of drug-likeness (QED) is 0.846. The lowest BCUT2D eigenvalue weighted by molar-refractivity contribution is 0.230. The first kappa shape index (κ1) is 13.3. The number of hydrogen-bond acceptors (Lipinski definition) is 3. The second kappa shape index (κ2) is 5.80. The van der Waals surface area contributed by atoms with E-state index in [0.717, 1.165) is 29.5 Å². The average molecular weight is 284 g/mol. The first-order valence-corrected chi connectivity index (χ1v) is 8.46. The summed E-state index contributed by atoms with van der Waals surface area (Å²) in [7, 11) is 0. The molecule has 0 unspecified atom stereocenters. The van der Waals surface area contributed by atoms with Gasteiger partial charge in [-0.25, -0.2) is 4.98 Å². The predicted octanol–water partition coefficient (Wildman–Crippen LogP) is 4.20. The molecule has 2 heterocycles. The Morgan fingerprint density at radius 3 is 2.81 bits per heavy atom. The Balaban J connectivity index is 1.41. The van der Waals surface area contributed by atoms with Crippen LogP contribution in [0.1, 0.15) is 50.3 Å². The summed E-state index contributed by atoms with van der Waals surface area (Å²) >= 11 is 0. The summed E-state index contributed by atoms with van der Waals surface area (Å²) in [4.78, 5) is 7.32. The fourth-order valence-electron chi connectivity index (χ4n) is 4.00. The molecular weight excluding hydrogens is 260 g/mol. The Morgan fingerprint density at radius 2 is 1.95 bits per heavy atom. The Morgan fingerprint density at radius 1 is 1.10 bits per heavy atom. The molecule has 1 saturated carbocycles. The van der Waals surface area contributed by atoms with E-state index in [-0.39, 0.29) is 0 Å². The topological polar surface area (TPSA) is 29.3 Å². The van der Waals surface area contributed by atoms with Gasteiger partial charge >= 0.3 is 0 Å². The Kier molecular flexibility index (Phi) is 3.68. The Bertz CT molecular complexity index is 567. The molecule has 0 radical (unpaired) electrons. The zero-order valence-electron chi connectivity index (χ0n) is 12.6. The Labute approximate surface area is 126 Å². The van der Waals surface area contributed by atoms with Crippen LogP contribution in [0.2, 0.25) is 0 Å². The lowest BCUT2D eigenvalue weighted by Crippen LogP contribution is -2.28. The summed E-state index contributed by atoms with van der Waals surface area (Å²) in [5.41, 5.74) is 1.93. The predicted molar refractivity (Wildman–Crippen MR) is 84.4 cm³/mol. The van der Waals surface area contributed by atoms with Crippen molar-refractivity contribution < 1.29 is 4.42 Å². The zero-order chi connectivity index (χ0) is 14.1. The average Bonchev–Trinajstić information content (AvgIpc) is 3.14. The monoisotopic (exact) mass is 284 g/mol. The standard InChI is InChI=1S/C18H24N2O/c1-2-6-14(7-3-1)12-20-11-10-15(13-20)18-19-16-8-4-5-9-17(16)21-18/h4-5,8-9,14-15H,1-3,6-7,10-13H2/t15-/m0/s1. The van der Waals surface area contributed by atoms with Crippen LogP contribution in [-0.2, 0) is 0 Å². The maximum Gasteiger partial charge on any atom is 0.199 e. The van der Waals surface area contributed by atoms with Gasteiger partial charge in [-0.1, -0.05) is 31.4 Å². The highest BCUT2D eigenvalue weighted by atomic mass is 16.3. The van der Waals surface area contributed by atoms with Crippen LogP contribution in [0.4, 0.5) is 0 Å². The first-order chi connectivity index (χ1) is 10.4. The lowest BCUT2D eigenvalue weighted by atomic mass is 9.89. The highest BCUT2D eigenvalue weighted by Crippen LogP contribution is 2.31. The van der Waals surface area contributed by atoms with Crippen LogP contribution < -0.4 is 0 Å². The number of hydrogen-bond donors (Lipinski definition) is 0. The molecule has 1 aromatic heterocycles. The maximum absolute atomic E-state index is 5.95. The van der Waals surface area contributed by atoms with Gasteiger partial charge in [0.2, 0.25) is 0 Å². The van der Waals surface area contributed by atoms with Gasteiger partial charge in [0, 0.05) is 19.0 Å². The van der Waals surface area contributed by atoms with Gasteiger partial charge in [-0.15, -0.1) is 0 Å². The smallest absolute Gasteiger partial charge is 0.199 e. The number of rotatable bonds is 3. The molecule has 3 heteroatoms. The van der Waals surface area contributed by atoms with E-state index in [1.165, 1.54) is 51.6 Å². The van der Waals surface area contributed by atoms with Gasteiger partial charge in [0.25, 0.3) is 0 Å². The SMILES string of the molecule is c1ccc2oc([C@H]3CCN(CC4CCCCC4)C3)nc2c1. The number of aromatic nitrogens is 1. The molecule has 2 aromatic rings. The van der Waals surface area contributed by atoms with E-state index >= 15 is 0 Å². The largest absolute Gasteiger partial charge is 0.440 e. The van der Waals surface area contributed by atoms with E-state index in [1.807, 2.05) is 24.3 Å². The minimum absolute atomic E-state index is 0.487. The van der Waals surface area contributed by atoms with Crippen molar-refractivity contribution >= 4 is 11.1 Å². The van der Waals surface area contributed by atoms with Crippen LogP contribution in [0.25, 0.3) is 11.1 Å². The number of likely N-dealkylation sites (tertiary alicyclic amines) is 1. The molecule has 2 fully saturated rings. The summed E-state index contributed by atoms with van der Waals surface area (Å²) in [5.74, 6) is 2.37. The summed E-state index contributed by atoms with van der Waals surface area (Å²) in [6.07, 6.45) is 8.38. The second-order valence-corrected chi connectivity index (χ2v) is 6.77. The molecule has 0 spiro atoms. The van der Waals surface area contributed by atoms with Gasteiger partial charge in [0.1, 0.15) is 5.52 Å². The molecule has 0 bridgehead atoms. The van der Waals surface area contributed by atoms with Crippen LogP contribution in [0.5, 0.6) is 0 Å². The number of fused-ring (bicyclic) bond motifs is 1. The third-order valence-electron chi connectivity index (χ3n) is 5.17. The van der Waals surface area contributed by atoms with Crippen LogP contribution >= 0.6 is 0 Å². The molecule has 2 aliphatic rings. The molecule has 1 aliphatic carbocycles. The van der Waals surface area contributed by atoms with Gasteiger partial charge < -0.3 is 9.32 Å². The van der Waals surface area contributed by atoms with E-state index < -0.39 is 0 Å². The van der Waals surface area contributed by atoms with Crippen LogP contribution in [-0.4, -0.2) is 29.5 Å². The fourth-order valence-corrected chi connectivity index (χ4v) is 4.00. The van der Waals surface area contributed by atoms with Gasteiger partial charge in [-0.3, -0.25) is 0 Å². The van der Waals surface area contributed by atoms with E-state index in [1.54, 1.807) is 0 Å². The number of oxazole rings is 1. The summed E-state index contributed by atoms with van der Waals surface area (Å²) in [5, 5.41) is 0. The molecule has 1 aromatic carbocycles. The first-order valence-electron chi connectivity index (χ1n) is 8.46. The van der Waals surface area contributed by atoms with Crippen LogP contribution in [0.15, 0.2) is 28.7 Å². The minimum atomic E-state index is 0.487. The molecule has 21 heavy (non-hydrogen) atoms. The van der Waals surface area contributed by atoms with E-state index in [2.05, 4.69) is 9.88 Å². The van der Waals surface area contributed by atoms with Crippen molar-refractivity contribution in [3.05, 3.63) is 30.2 Å². The third kappa shape index (κ3) is 2.84. The van der Waals surface area contributed by atoms with Crippen molar-refractivity contribution in [2.75, 3.05) is 19.6 Å². The van der Waals surface area contributed by atoms with Gasteiger partial charge in [0.05, 0.1) is 0 Å². The summed E-state index contributed by atoms with van der Waals surface area (Å²) < 4.78 is 5.95. The summed E-state index contributed by atoms with van der Waals surface area (Å²) in [6, 6.07) is 8.09. The van der Waals surface area contributed by atoms with Crippen molar-refractivity contribution in [2.24, 2.45) is 5.92 Å². The van der Waals surface area contributed by atoms with E-state index in [4.69, 9.17) is 4.42 Å². The Hall–Kier alpha value is -1.35. The van der Waals surface area contributed by atoms with Crippen molar-refractivity contribution in [1.29, 1.82) is 0 Å². The summed E-state index contributed by atoms with van der Waals surface area (Å²) in [6.45, 7) is 3.62. The van der Waals surface area contributed by atoms with Crippen LogP contribution in [0, 0.1) is 5.92 Å². The fraction of sp³-hybridized carbons (Fsp3) is 0.611. The van der Waals surface area contributed by atoms with Crippen molar-refractivity contribution in [1.82, 2.24) is 9.88 Å². The molecular formula is C18H24N2O. The van der Waals surface area contributed by atoms with Crippen LogP contribution in [0.3, 0.4) is 0 Å². The zero-order valence-corrected chi connectivity index (χ0v) is 12.6. The molecule has 1 aliphatic heterocycles. The third-order valence-corrected chi connectivity index (χ3v) is 5.17. The normalized spacial score (nSPS) is 24.9. The van der Waals surface area contributed by atoms with Crippen molar-refractivity contribution in [2.45, 2.75) is 44.4 Å². The molecule has 4 rings (SSSR count). The van der Waals surface area contributed by atoms with Gasteiger partial charge in [-0.05, 0) is 43.9 Å². The highest BCUT2D eigenvalue weighted by Gasteiger charge is 2.29. The van der Waals surface area contributed by atoms with E-state index in [0.29, 0.717) is 5.92 Å². The molecule has 1 saturated heterocycles. The number of benzene rings is 1. The van der Waals surface area contributed by atoms with Crippen molar-refractivity contribution in [3.63, 3.8) is 0 Å². The maximum atomic E-state index is 5.95. The minimum Gasteiger partial charge on any atom is -0.440 e. The van der Waals surface area contributed by atoms with Gasteiger partial charge in [0.15, 0.2) is 11.5 Å². The molecule has 0 N–H and O–H groups in total. The van der Waals surface area contributed by atoms with E-state index in [9.17, 15) is 0 Å². The molecule has 3 nitrogen and oxygen atoms in total. The number of nitrogens with zero attached hydrogens (tertiary/aromatic N) is 2. The highest BCUT2D eigenvalue weighted by molar-refractivity contribution is 5.72. The van der Waals surface area contributed by atoms with Gasteiger partial charge in [-0.2, -0.15) is 0 Å². The second-order valence-electron chi connectivity index (χ2n) is 6.77. The molecule has 0 amide bonds. The molecule has 1 atom stereocenters. The van der Waals surface area contributed by atoms with Crippen molar-refractivity contribution in [3.8, 4) is 0 Å². The lowest BCUT2D eigenvalue weighted by Gasteiger charge is -2.26. The molecule has 112 valence electrons.